The minimum atomic E-state index is -0.464. The average molecular weight is 244 g/mol. The van der Waals surface area contributed by atoms with Crippen LogP contribution in [0.25, 0.3) is 5.82 Å². The summed E-state index contributed by atoms with van der Waals surface area (Å²) in [5.74, 6) is 0.549. The lowest BCUT2D eigenvalue weighted by Gasteiger charge is -2.05. The van der Waals surface area contributed by atoms with Crippen LogP contribution in [0.4, 0.5) is 0 Å². The highest BCUT2D eigenvalue weighted by atomic mass is 16.5. The number of carbonyl (C=O) groups is 1. The van der Waals surface area contributed by atoms with E-state index in [0.717, 1.165) is 5.69 Å². The molecule has 92 valence electrons. The number of hydrogen-bond acceptors (Lipinski definition) is 5. The Morgan fingerprint density at radius 3 is 3.06 bits per heavy atom. The van der Waals surface area contributed by atoms with Crippen LogP contribution in [-0.4, -0.2) is 32.8 Å². The number of aromatic nitrogens is 4. The molecule has 1 saturated carbocycles. The first-order valence-electron chi connectivity index (χ1n) is 5.74. The van der Waals surface area contributed by atoms with E-state index in [2.05, 4.69) is 15.1 Å². The van der Waals surface area contributed by atoms with E-state index in [4.69, 9.17) is 4.74 Å². The molecule has 0 atom stereocenters. The number of rotatable bonds is 3. The molecule has 0 N–H and O–H groups in total. The summed E-state index contributed by atoms with van der Waals surface area (Å²) in [5.41, 5.74) is 1.36. The third kappa shape index (κ3) is 1.85. The Labute approximate surface area is 104 Å². The molecule has 0 saturated heterocycles. The van der Waals surface area contributed by atoms with Crippen LogP contribution in [0.3, 0.4) is 0 Å². The standard InChI is InChI=1S/C12H12N4O2/c1-18-12(17)9-6-13-7-14-11(9)16-5-4-10(15-16)8-2-3-8/h4-8H,2-3H2,1H3. The number of esters is 1. The summed E-state index contributed by atoms with van der Waals surface area (Å²) >= 11 is 0. The Hall–Kier alpha value is -2.24. The predicted molar refractivity (Wildman–Crippen MR) is 62.5 cm³/mol. The van der Waals surface area contributed by atoms with Gasteiger partial charge in [0.05, 0.1) is 12.8 Å². The van der Waals surface area contributed by atoms with E-state index in [1.54, 1.807) is 4.68 Å². The Morgan fingerprint density at radius 1 is 1.50 bits per heavy atom. The molecular formula is C12H12N4O2. The van der Waals surface area contributed by atoms with Gasteiger partial charge in [-0.05, 0) is 18.9 Å². The molecule has 0 unspecified atom stereocenters. The fraction of sp³-hybridized carbons (Fsp3) is 0.333. The zero-order chi connectivity index (χ0) is 12.5. The molecule has 0 aliphatic heterocycles. The van der Waals surface area contributed by atoms with Crippen LogP contribution in [0.15, 0.2) is 24.8 Å². The molecule has 2 aromatic rings. The lowest BCUT2D eigenvalue weighted by Crippen LogP contribution is -2.11. The second kappa shape index (κ2) is 4.21. The Kier molecular flexibility index (Phi) is 2.55. The predicted octanol–water partition coefficient (Wildman–Crippen LogP) is 1.33. The van der Waals surface area contributed by atoms with Gasteiger partial charge in [-0.25, -0.2) is 19.4 Å². The van der Waals surface area contributed by atoms with Crippen molar-refractivity contribution < 1.29 is 9.53 Å². The molecule has 2 heterocycles. The average Bonchev–Trinajstić information content (AvgIpc) is 3.16. The minimum Gasteiger partial charge on any atom is -0.465 e. The summed E-state index contributed by atoms with van der Waals surface area (Å²) in [6, 6.07) is 1.96. The topological polar surface area (TPSA) is 69.9 Å². The SMILES string of the molecule is COC(=O)c1cncnc1-n1ccc(C2CC2)n1. The summed E-state index contributed by atoms with van der Waals surface area (Å²) in [4.78, 5) is 19.6. The molecule has 1 aliphatic rings. The number of methoxy groups -OCH3 is 1. The highest BCUT2D eigenvalue weighted by Gasteiger charge is 2.26. The number of nitrogens with zero attached hydrogens (tertiary/aromatic N) is 4. The number of ether oxygens (including phenoxy) is 1. The minimum absolute atomic E-state index is 0.311. The van der Waals surface area contributed by atoms with Crippen molar-refractivity contribution in [3.8, 4) is 5.82 Å². The van der Waals surface area contributed by atoms with Crippen LogP contribution in [0.5, 0.6) is 0 Å². The molecule has 0 amide bonds. The van der Waals surface area contributed by atoms with Gasteiger partial charge in [-0.3, -0.25) is 0 Å². The molecule has 6 heteroatoms. The molecule has 18 heavy (non-hydrogen) atoms. The van der Waals surface area contributed by atoms with Gasteiger partial charge >= 0.3 is 5.97 Å². The zero-order valence-electron chi connectivity index (χ0n) is 9.91. The van der Waals surface area contributed by atoms with E-state index in [0.29, 0.717) is 17.3 Å². The van der Waals surface area contributed by atoms with E-state index < -0.39 is 5.97 Å². The fourth-order valence-electron chi connectivity index (χ4n) is 1.81. The van der Waals surface area contributed by atoms with Crippen molar-refractivity contribution in [1.82, 2.24) is 19.7 Å². The van der Waals surface area contributed by atoms with Crippen molar-refractivity contribution in [2.24, 2.45) is 0 Å². The first-order valence-corrected chi connectivity index (χ1v) is 5.74. The van der Waals surface area contributed by atoms with E-state index in [9.17, 15) is 4.79 Å². The van der Waals surface area contributed by atoms with Gasteiger partial charge in [0.15, 0.2) is 5.82 Å². The largest absolute Gasteiger partial charge is 0.465 e. The molecule has 3 rings (SSSR count). The quantitative estimate of drug-likeness (QED) is 0.762. The maximum absolute atomic E-state index is 11.6. The fourth-order valence-corrected chi connectivity index (χ4v) is 1.81. The van der Waals surface area contributed by atoms with Crippen LogP contribution in [0.2, 0.25) is 0 Å². The first kappa shape index (κ1) is 10.9. The summed E-state index contributed by atoms with van der Waals surface area (Å²) in [6.45, 7) is 0. The van der Waals surface area contributed by atoms with E-state index in [-0.39, 0.29) is 0 Å². The molecule has 6 nitrogen and oxygen atoms in total. The van der Waals surface area contributed by atoms with Gasteiger partial charge in [0.1, 0.15) is 11.9 Å². The highest BCUT2D eigenvalue weighted by Crippen LogP contribution is 2.39. The van der Waals surface area contributed by atoms with Crippen molar-refractivity contribution in [3.63, 3.8) is 0 Å². The lowest BCUT2D eigenvalue weighted by atomic mass is 10.3. The van der Waals surface area contributed by atoms with E-state index in [1.165, 1.54) is 32.5 Å². The third-order valence-electron chi connectivity index (χ3n) is 2.92. The summed E-state index contributed by atoms with van der Waals surface area (Å²) in [6.07, 6.45) is 7.00. The Balaban J connectivity index is 2.01. The van der Waals surface area contributed by atoms with E-state index in [1.807, 2.05) is 12.3 Å². The second-order valence-corrected chi connectivity index (χ2v) is 4.21. The normalized spacial score (nSPS) is 14.5. The summed E-state index contributed by atoms with van der Waals surface area (Å²) in [5, 5.41) is 4.44. The molecule has 0 bridgehead atoms. The van der Waals surface area contributed by atoms with E-state index >= 15 is 0 Å². The smallest absolute Gasteiger partial charge is 0.343 e. The maximum atomic E-state index is 11.6. The van der Waals surface area contributed by atoms with Crippen molar-refractivity contribution in [3.05, 3.63) is 36.0 Å². The molecule has 0 radical (unpaired) electrons. The van der Waals surface area contributed by atoms with Crippen molar-refractivity contribution in [2.45, 2.75) is 18.8 Å². The lowest BCUT2D eigenvalue weighted by molar-refractivity contribution is 0.0599. The molecule has 1 aliphatic carbocycles. The molecule has 0 spiro atoms. The van der Waals surface area contributed by atoms with Gasteiger partial charge in [-0.2, -0.15) is 5.10 Å². The van der Waals surface area contributed by atoms with Crippen LogP contribution in [0.1, 0.15) is 34.8 Å². The number of hydrogen-bond donors (Lipinski definition) is 0. The molecule has 2 aromatic heterocycles. The van der Waals surface area contributed by atoms with Crippen LogP contribution in [0, 0.1) is 0 Å². The van der Waals surface area contributed by atoms with Gasteiger partial charge in [-0.1, -0.05) is 0 Å². The first-order chi connectivity index (χ1) is 8.79. The monoisotopic (exact) mass is 244 g/mol. The van der Waals surface area contributed by atoms with Gasteiger partial charge in [0.2, 0.25) is 0 Å². The van der Waals surface area contributed by atoms with Crippen LogP contribution < -0.4 is 0 Å². The van der Waals surface area contributed by atoms with Crippen LogP contribution in [-0.2, 0) is 4.74 Å². The van der Waals surface area contributed by atoms with Gasteiger partial charge in [-0.15, -0.1) is 0 Å². The maximum Gasteiger partial charge on any atom is 0.343 e. The Bertz CT molecular complexity index is 589. The van der Waals surface area contributed by atoms with Crippen molar-refractivity contribution in [1.29, 1.82) is 0 Å². The summed E-state index contributed by atoms with van der Waals surface area (Å²) in [7, 11) is 1.33. The number of carbonyl (C=O) groups excluding carboxylic acids is 1. The highest BCUT2D eigenvalue weighted by molar-refractivity contribution is 5.92. The van der Waals surface area contributed by atoms with Crippen LogP contribution >= 0.6 is 0 Å². The molecular weight excluding hydrogens is 232 g/mol. The van der Waals surface area contributed by atoms with Gasteiger partial charge in [0, 0.05) is 18.3 Å². The Morgan fingerprint density at radius 2 is 2.33 bits per heavy atom. The molecule has 1 fully saturated rings. The summed E-state index contributed by atoms with van der Waals surface area (Å²) < 4.78 is 6.30. The van der Waals surface area contributed by atoms with Gasteiger partial charge < -0.3 is 4.74 Å². The third-order valence-corrected chi connectivity index (χ3v) is 2.92. The van der Waals surface area contributed by atoms with Crippen molar-refractivity contribution >= 4 is 5.97 Å². The molecule has 0 aromatic carbocycles. The van der Waals surface area contributed by atoms with Crippen molar-refractivity contribution in [2.75, 3.05) is 7.11 Å². The second-order valence-electron chi connectivity index (χ2n) is 4.21. The van der Waals surface area contributed by atoms with Gasteiger partial charge in [0.25, 0.3) is 0 Å². The zero-order valence-corrected chi connectivity index (χ0v) is 9.91.